The largest absolute Gasteiger partial charge is 0.352 e. The van der Waals surface area contributed by atoms with Gasteiger partial charge in [-0.1, -0.05) is 54.0 Å². The molecule has 3 aromatic rings. The molecule has 1 atom stereocenters. The number of carbonyl (C=O) groups excluding carboxylic acids is 3. The lowest BCUT2D eigenvalue weighted by atomic mass is 9.90. The van der Waals surface area contributed by atoms with Crippen molar-refractivity contribution < 1.29 is 14.4 Å². The molecule has 2 aromatic carbocycles. The van der Waals surface area contributed by atoms with Gasteiger partial charge in [-0.15, -0.1) is 0 Å². The molecule has 0 saturated carbocycles. The van der Waals surface area contributed by atoms with E-state index in [0.29, 0.717) is 17.2 Å². The number of halogens is 1. The number of aromatic amines is 1. The van der Waals surface area contributed by atoms with E-state index in [0.717, 1.165) is 26.7 Å². The van der Waals surface area contributed by atoms with Crippen molar-refractivity contribution >= 4 is 44.6 Å². The van der Waals surface area contributed by atoms with Crippen LogP contribution in [0.15, 0.2) is 53.0 Å². The minimum Gasteiger partial charge on any atom is -0.352 e. The summed E-state index contributed by atoms with van der Waals surface area (Å²) in [5.74, 6) is -0.227. The number of ketones is 1. The van der Waals surface area contributed by atoms with Crippen LogP contribution in [-0.4, -0.2) is 34.2 Å². The Balaban J connectivity index is 1.53. The minimum absolute atomic E-state index is 0.320. The van der Waals surface area contributed by atoms with Crippen LogP contribution in [0.4, 0.5) is 4.79 Å². The van der Waals surface area contributed by atoms with E-state index < -0.39 is 17.5 Å². The molecule has 31 heavy (non-hydrogen) atoms. The predicted octanol–water partition coefficient (Wildman–Crippen LogP) is 4.78. The second-order valence-electron chi connectivity index (χ2n) is 8.58. The predicted molar refractivity (Wildman–Crippen MR) is 123 cm³/mol. The lowest BCUT2D eigenvalue weighted by Gasteiger charge is -2.22. The molecule has 3 amide bonds. The molecule has 1 fully saturated rings. The number of benzene rings is 2. The van der Waals surface area contributed by atoms with Crippen LogP contribution in [-0.2, 0) is 16.8 Å². The van der Waals surface area contributed by atoms with Gasteiger partial charge in [0.15, 0.2) is 5.78 Å². The van der Waals surface area contributed by atoms with E-state index >= 15 is 0 Å². The highest BCUT2D eigenvalue weighted by Gasteiger charge is 2.49. The van der Waals surface area contributed by atoms with Crippen LogP contribution in [0, 0.1) is 5.92 Å². The lowest BCUT2D eigenvalue weighted by molar-refractivity contribution is -0.130. The molecule has 1 saturated heterocycles. The Morgan fingerprint density at radius 2 is 1.81 bits per heavy atom. The molecule has 0 aliphatic carbocycles. The molecule has 1 unspecified atom stereocenters. The van der Waals surface area contributed by atoms with Crippen molar-refractivity contribution in [3.05, 3.63) is 69.8 Å². The van der Waals surface area contributed by atoms with Gasteiger partial charge in [0, 0.05) is 15.4 Å². The molecule has 0 spiro atoms. The number of nitrogens with one attached hydrogen (secondary N) is 2. The summed E-state index contributed by atoms with van der Waals surface area (Å²) >= 11 is 3.41. The van der Waals surface area contributed by atoms with Gasteiger partial charge in [-0.05, 0) is 54.7 Å². The summed E-state index contributed by atoms with van der Waals surface area (Å²) in [5, 5.41) is 3.64. The van der Waals surface area contributed by atoms with E-state index in [-0.39, 0.29) is 12.3 Å². The summed E-state index contributed by atoms with van der Waals surface area (Å²) in [6, 6.07) is 14.5. The molecule has 1 aliphatic rings. The van der Waals surface area contributed by atoms with Gasteiger partial charge < -0.3 is 10.3 Å². The molecular weight excluding hydrogens is 458 g/mol. The van der Waals surface area contributed by atoms with Crippen LogP contribution in [0.1, 0.15) is 42.4 Å². The average Bonchev–Trinajstić information content (AvgIpc) is 3.22. The minimum atomic E-state index is -1.20. The molecule has 6 nitrogen and oxygen atoms in total. The third-order valence-electron chi connectivity index (χ3n) is 5.64. The van der Waals surface area contributed by atoms with Gasteiger partial charge >= 0.3 is 6.03 Å². The fraction of sp³-hybridized carbons (Fsp3) is 0.292. The van der Waals surface area contributed by atoms with Crippen molar-refractivity contribution in [2.75, 3.05) is 6.54 Å². The molecule has 1 aromatic heterocycles. The molecule has 160 valence electrons. The van der Waals surface area contributed by atoms with E-state index in [9.17, 15) is 14.4 Å². The van der Waals surface area contributed by atoms with Gasteiger partial charge in [-0.2, -0.15) is 0 Å². The number of H-pyrrole nitrogens is 1. The van der Waals surface area contributed by atoms with Crippen LogP contribution < -0.4 is 5.32 Å². The number of amides is 3. The monoisotopic (exact) mass is 481 g/mol. The maximum atomic E-state index is 13.2. The van der Waals surface area contributed by atoms with E-state index in [1.54, 1.807) is 13.0 Å². The number of Topliss-reactive ketones (excluding diaryl/α,β-unsaturated/α-hetero) is 1. The zero-order valence-corrected chi connectivity index (χ0v) is 19.2. The highest BCUT2D eigenvalue weighted by molar-refractivity contribution is 9.10. The fourth-order valence-electron chi connectivity index (χ4n) is 3.96. The zero-order valence-electron chi connectivity index (χ0n) is 17.7. The first-order valence-corrected chi connectivity index (χ1v) is 11.0. The Hall–Kier alpha value is -2.93. The first-order valence-electron chi connectivity index (χ1n) is 10.2. The zero-order chi connectivity index (χ0) is 22.3. The van der Waals surface area contributed by atoms with Crippen molar-refractivity contribution in [1.82, 2.24) is 15.2 Å². The number of aromatic nitrogens is 1. The number of carbonyl (C=O) groups is 3. The van der Waals surface area contributed by atoms with E-state index in [1.807, 2.05) is 42.5 Å². The van der Waals surface area contributed by atoms with Gasteiger partial charge in [0.25, 0.3) is 5.91 Å². The first-order chi connectivity index (χ1) is 14.7. The number of nitrogens with zero attached hydrogens (tertiary/aromatic N) is 1. The summed E-state index contributed by atoms with van der Waals surface area (Å²) in [6.45, 7) is 5.66. The van der Waals surface area contributed by atoms with Gasteiger partial charge in [-0.25, -0.2) is 4.79 Å². The number of fused-ring (bicyclic) bond motifs is 1. The third kappa shape index (κ3) is 4.02. The number of hydrogen-bond acceptors (Lipinski definition) is 3. The summed E-state index contributed by atoms with van der Waals surface area (Å²) in [7, 11) is 0. The maximum Gasteiger partial charge on any atom is 0.325 e. The smallest absolute Gasteiger partial charge is 0.325 e. The molecule has 0 radical (unpaired) electrons. The quantitative estimate of drug-likeness (QED) is 0.392. The van der Waals surface area contributed by atoms with Crippen molar-refractivity contribution in [3.8, 4) is 0 Å². The number of imide groups is 1. The highest BCUT2D eigenvalue weighted by Crippen LogP contribution is 2.30. The SMILES string of the molecule is CC(C)Cc1ccc(C2(C)NC(=O)N(CC(=O)c3cc4cc(Br)ccc4[nH]3)C2=O)cc1. The Bertz CT molecular complexity index is 1180. The van der Waals surface area contributed by atoms with E-state index in [1.165, 1.54) is 5.56 Å². The second kappa shape index (κ2) is 7.96. The summed E-state index contributed by atoms with van der Waals surface area (Å²) < 4.78 is 0.905. The molecule has 7 heteroatoms. The van der Waals surface area contributed by atoms with Crippen molar-refractivity contribution in [1.29, 1.82) is 0 Å². The maximum absolute atomic E-state index is 13.2. The standard InChI is InChI=1S/C24H24BrN3O3/c1-14(2)10-15-4-6-17(7-5-15)24(3)22(30)28(23(31)27-24)13-21(29)20-12-16-11-18(25)8-9-19(16)26-20/h4-9,11-12,14,26H,10,13H2,1-3H3,(H,27,31). The molecule has 2 N–H and O–H groups in total. The molecule has 1 aliphatic heterocycles. The van der Waals surface area contributed by atoms with Crippen molar-refractivity contribution in [2.45, 2.75) is 32.7 Å². The lowest BCUT2D eigenvalue weighted by Crippen LogP contribution is -2.41. The molecule has 2 heterocycles. The number of urea groups is 1. The Morgan fingerprint density at radius 1 is 1.10 bits per heavy atom. The van der Waals surface area contributed by atoms with Crippen molar-refractivity contribution in [3.63, 3.8) is 0 Å². The van der Waals surface area contributed by atoms with Crippen LogP contribution in [0.3, 0.4) is 0 Å². The highest BCUT2D eigenvalue weighted by atomic mass is 79.9. The summed E-state index contributed by atoms with van der Waals surface area (Å²) in [5.41, 5.74) is 1.86. The average molecular weight is 482 g/mol. The molecular formula is C24H24BrN3O3. The van der Waals surface area contributed by atoms with Gasteiger partial charge in [-0.3, -0.25) is 14.5 Å². The van der Waals surface area contributed by atoms with E-state index in [4.69, 9.17) is 0 Å². The second-order valence-corrected chi connectivity index (χ2v) is 9.49. The molecule has 4 rings (SSSR count). The van der Waals surface area contributed by atoms with Crippen LogP contribution in [0.25, 0.3) is 10.9 Å². The third-order valence-corrected chi connectivity index (χ3v) is 6.13. The molecule has 0 bridgehead atoms. The fourth-order valence-corrected chi connectivity index (χ4v) is 4.34. The summed E-state index contributed by atoms with van der Waals surface area (Å²) in [6.07, 6.45) is 0.943. The topological polar surface area (TPSA) is 82.3 Å². The van der Waals surface area contributed by atoms with Crippen LogP contribution >= 0.6 is 15.9 Å². The number of hydrogen-bond donors (Lipinski definition) is 2. The van der Waals surface area contributed by atoms with E-state index in [2.05, 4.69) is 40.1 Å². The van der Waals surface area contributed by atoms with Crippen molar-refractivity contribution in [2.24, 2.45) is 5.92 Å². The van der Waals surface area contributed by atoms with Crippen LogP contribution in [0.5, 0.6) is 0 Å². The summed E-state index contributed by atoms with van der Waals surface area (Å²) in [4.78, 5) is 42.6. The van der Waals surface area contributed by atoms with Gasteiger partial charge in [0.1, 0.15) is 5.54 Å². The van der Waals surface area contributed by atoms with Crippen LogP contribution in [0.2, 0.25) is 0 Å². The van der Waals surface area contributed by atoms with Gasteiger partial charge in [0.05, 0.1) is 12.2 Å². The van der Waals surface area contributed by atoms with Gasteiger partial charge in [0.2, 0.25) is 0 Å². The Morgan fingerprint density at radius 3 is 2.48 bits per heavy atom. The first kappa shape index (κ1) is 21.3. The Kier molecular flexibility index (Phi) is 5.47. The number of rotatable bonds is 6. The Labute approximate surface area is 189 Å². The normalized spacial score (nSPS) is 18.8.